The average Bonchev–Trinajstić information content (AvgIpc) is 3.02. The van der Waals surface area contributed by atoms with Gasteiger partial charge in [-0.3, -0.25) is 10.1 Å². The van der Waals surface area contributed by atoms with Crippen molar-refractivity contribution in [3.8, 4) is 0 Å². The Morgan fingerprint density at radius 1 is 1.21 bits per heavy atom. The normalized spacial score (nSPS) is 16.3. The maximum atomic E-state index is 12.6. The van der Waals surface area contributed by atoms with E-state index in [1.54, 1.807) is 11.0 Å². The van der Waals surface area contributed by atoms with E-state index >= 15 is 0 Å². The van der Waals surface area contributed by atoms with Crippen molar-refractivity contribution < 1.29 is 13.3 Å². The minimum absolute atomic E-state index is 0.0844. The maximum Gasteiger partial charge on any atom is 0.311 e. The van der Waals surface area contributed by atoms with Crippen LogP contribution < -0.4 is 4.90 Å². The lowest BCUT2D eigenvalue weighted by atomic mass is 10.3. The Balaban J connectivity index is 1.76. The fourth-order valence-corrected chi connectivity index (χ4v) is 5.54. The van der Waals surface area contributed by atoms with Crippen molar-refractivity contribution in [3.63, 3.8) is 0 Å². The molecule has 0 aliphatic carbocycles. The van der Waals surface area contributed by atoms with Crippen LogP contribution in [0.15, 0.2) is 34.7 Å². The third-order valence-corrected chi connectivity index (χ3v) is 7.24. The van der Waals surface area contributed by atoms with Gasteiger partial charge in [0.1, 0.15) is 4.21 Å². The van der Waals surface area contributed by atoms with Crippen molar-refractivity contribution >= 4 is 44.5 Å². The predicted octanol–water partition coefficient (Wildman–Crippen LogP) is 2.22. The Kier molecular flexibility index (Phi) is 4.72. The molecule has 1 aliphatic rings. The first-order chi connectivity index (χ1) is 11.4. The third kappa shape index (κ3) is 3.22. The first kappa shape index (κ1) is 17.1. The van der Waals surface area contributed by atoms with E-state index in [-0.39, 0.29) is 28.8 Å². The molecule has 128 valence electrons. The molecule has 0 atom stereocenters. The van der Waals surface area contributed by atoms with Crippen molar-refractivity contribution in [1.82, 2.24) is 9.29 Å². The predicted molar refractivity (Wildman–Crippen MR) is 91.2 cm³/mol. The van der Waals surface area contributed by atoms with Crippen molar-refractivity contribution in [3.05, 3.63) is 44.9 Å². The number of hydrogen-bond acceptors (Lipinski definition) is 7. The summed E-state index contributed by atoms with van der Waals surface area (Å²) in [6.45, 7) is 1.11. The zero-order valence-electron chi connectivity index (χ0n) is 12.3. The number of nitro groups is 1. The minimum Gasteiger partial charge on any atom is -0.348 e. The Morgan fingerprint density at radius 2 is 1.92 bits per heavy atom. The molecule has 11 heteroatoms. The van der Waals surface area contributed by atoms with Crippen molar-refractivity contribution in [1.29, 1.82) is 0 Å². The number of hydrogen-bond donors (Lipinski definition) is 0. The number of thiophene rings is 1. The summed E-state index contributed by atoms with van der Waals surface area (Å²) in [5.41, 5.74) is -0.0844. The molecule has 0 aromatic carbocycles. The first-order valence-corrected chi connectivity index (χ1v) is 9.63. The summed E-state index contributed by atoms with van der Waals surface area (Å²) in [6, 6.07) is 5.92. The summed E-state index contributed by atoms with van der Waals surface area (Å²) in [6.07, 6.45) is 1.49. The molecular formula is C13H13ClN4O4S2. The molecule has 1 saturated heterocycles. The smallest absolute Gasteiger partial charge is 0.311 e. The van der Waals surface area contributed by atoms with Gasteiger partial charge in [0, 0.05) is 38.4 Å². The summed E-state index contributed by atoms with van der Waals surface area (Å²) in [5, 5.41) is 11.1. The molecule has 8 nitrogen and oxygen atoms in total. The van der Waals surface area contributed by atoms with Crippen molar-refractivity contribution in [2.45, 2.75) is 4.21 Å². The van der Waals surface area contributed by atoms with Crippen LogP contribution in [0.5, 0.6) is 0 Å². The van der Waals surface area contributed by atoms with Crippen LogP contribution in [-0.2, 0) is 10.0 Å². The standard InChI is InChI=1S/C13H13ClN4O4S2/c14-11-3-4-12(23-11)24(21,22)17-8-6-16(7-9-17)13-10(18(19)20)2-1-5-15-13/h1-5H,6-9H2. The van der Waals surface area contributed by atoms with Crippen LogP contribution in [0.25, 0.3) is 0 Å². The van der Waals surface area contributed by atoms with E-state index in [1.165, 1.54) is 28.7 Å². The Bertz CT molecular complexity index is 862. The largest absolute Gasteiger partial charge is 0.348 e. The zero-order chi connectivity index (χ0) is 17.3. The number of aromatic nitrogens is 1. The van der Waals surface area contributed by atoms with Gasteiger partial charge in [-0.15, -0.1) is 11.3 Å². The van der Waals surface area contributed by atoms with Crippen LogP contribution in [0.3, 0.4) is 0 Å². The summed E-state index contributed by atoms with van der Waals surface area (Å²) in [4.78, 5) is 16.4. The van der Waals surface area contributed by atoms with Crippen LogP contribution in [0.2, 0.25) is 4.34 Å². The molecule has 0 saturated carbocycles. The van der Waals surface area contributed by atoms with E-state index < -0.39 is 14.9 Å². The number of rotatable bonds is 4. The Labute approximate surface area is 147 Å². The lowest BCUT2D eigenvalue weighted by molar-refractivity contribution is -0.384. The van der Waals surface area contributed by atoms with Crippen LogP contribution in [0, 0.1) is 10.1 Å². The average molecular weight is 389 g/mol. The number of halogens is 1. The molecule has 3 rings (SSSR count). The Hall–Kier alpha value is -1.75. The SMILES string of the molecule is O=[N+]([O-])c1cccnc1N1CCN(S(=O)(=O)c2ccc(Cl)s2)CC1. The highest BCUT2D eigenvalue weighted by molar-refractivity contribution is 7.91. The number of anilines is 1. The maximum absolute atomic E-state index is 12.6. The molecular weight excluding hydrogens is 376 g/mol. The van der Waals surface area contributed by atoms with Gasteiger partial charge in [0.2, 0.25) is 5.82 Å². The molecule has 0 bridgehead atoms. The fourth-order valence-electron chi connectivity index (χ4n) is 2.48. The molecule has 0 N–H and O–H groups in total. The number of sulfonamides is 1. The summed E-state index contributed by atoms with van der Waals surface area (Å²) >= 11 is 6.82. The van der Waals surface area contributed by atoms with E-state index in [0.717, 1.165) is 11.3 Å². The summed E-state index contributed by atoms with van der Waals surface area (Å²) in [7, 11) is -3.59. The monoisotopic (exact) mass is 388 g/mol. The van der Waals surface area contributed by atoms with Gasteiger partial charge >= 0.3 is 5.69 Å². The quantitative estimate of drug-likeness (QED) is 0.588. The highest BCUT2D eigenvalue weighted by atomic mass is 35.5. The van der Waals surface area contributed by atoms with Gasteiger partial charge in [-0.2, -0.15) is 4.31 Å². The van der Waals surface area contributed by atoms with Crippen LogP contribution >= 0.6 is 22.9 Å². The van der Waals surface area contributed by atoms with Crippen LogP contribution in [0.1, 0.15) is 0 Å². The van der Waals surface area contributed by atoms with Gasteiger partial charge in [0.25, 0.3) is 10.0 Å². The number of pyridine rings is 1. The Morgan fingerprint density at radius 3 is 2.50 bits per heavy atom. The molecule has 2 aromatic rings. The van der Waals surface area contributed by atoms with E-state index in [1.807, 2.05) is 0 Å². The molecule has 24 heavy (non-hydrogen) atoms. The second-order valence-electron chi connectivity index (χ2n) is 5.05. The summed E-state index contributed by atoms with van der Waals surface area (Å²) in [5.74, 6) is 0.263. The molecule has 1 aliphatic heterocycles. The van der Waals surface area contributed by atoms with Gasteiger partial charge in [-0.1, -0.05) is 11.6 Å². The highest BCUT2D eigenvalue weighted by Gasteiger charge is 2.31. The zero-order valence-corrected chi connectivity index (χ0v) is 14.7. The van der Waals surface area contributed by atoms with Gasteiger partial charge < -0.3 is 4.90 Å². The van der Waals surface area contributed by atoms with Gasteiger partial charge in [0.05, 0.1) is 9.26 Å². The summed E-state index contributed by atoms with van der Waals surface area (Å²) < 4.78 is 27.1. The molecule has 0 radical (unpaired) electrons. The molecule has 1 fully saturated rings. The second kappa shape index (κ2) is 6.63. The lowest BCUT2D eigenvalue weighted by Crippen LogP contribution is -2.48. The minimum atomic E-state index is -3.59. The van der Waals surface area contributed by atoms with Gasteiger partial charge in [-0.25, -0.2) is 13.4 Å². The lowest BCUT2D eigenvalue weighted by Gasteiger charge is -2.34. The number of nitrogens with zero attached hydrogens (tertiary/aromatic N) is 4. The molecule has 0 unspecified atom stereocenters. The first-order valence-electron chi connectivity index (χ1n) is 6.99. The van der Waals surface area contributed by atoms with Crippen LogP contribution in [0.4, 0.5) is 11.5 Å². The topological polar surface area (TPSA) is 96.7 Å². The molecule has 3 heterocycles. The molecule has 2 aromatic heterocycles. The van der Waals surface area contributed by atoms with Crippen molar-refractivity contribution in [2.75, 3.05) is 31.1 Å². The van der Waals surface area contributed by atoms with E-state index in [0.29, 0.717) is 17.4 Å². The molecule has 0 amide bonds. The van der Waals surface area contributed by atoms with Crippen LogP contribution in [-0.4, -0.2) is 48.8 Å². The van der Waals surface area contributed by atoms with Gasteiger partial charge in [-0.05, 0) is 18.2 Å². The second-order valence-corrected chi connectivity index (χ2v) is 8.93. The highest BCUT2D eigenvalue weighted by Crippen LogP contribution is 2.30. The van der Waals surface area contributed by atoms with E-state index in [4.69, 9.17) is 11.6 Å². The third-order valence-electron chi connectivity index (χ3n) is 3.64. The fraction of sp³-hybridized carbons (Fsp3) is 0.308. The molecule has 0 spiro atoms. The number of piperazine rings is 1. The van der Waals surface area contributed by atoms with Crippen molar-refractivity contribution in [2.24, 2.45) is 0 Å². The van der Waals surface area contributed by atoms with Gasteiger partial charge in [0.15, 0.2) is 0 Å². The van der Waals surface area contributed by atoms with E-state index in [9.17, 15) is 18.5 Å². The van der Waals surface area contributed by atoms with E-state index in [2.05, 4.69) is 4.98 Å².